The SMILES string of the molecule is CCCSCc1nc(C(C)(C)C)c(CCC(=O)O)s1. The van der Waals surface area contributed by atoms with Gasteiger partial charge in [0.05, 0.1) is 12.1 Å². The lowest BCUT2D eigenvalue weighted by Gasteiger charge is -2.17. The second kappa shape index (κ2) is 7.29. The molecule has 0 unspecified atom stereocenters. The number of thiazole rings is 1. The molecule has 0 aliphatic heterocycles. The maximum absolute atomic E-state index is 10.7. The maximum Gasteiger partial charge on any atom is 0.303 e. The van der Waals surface area contributed by atoms with Gasteiger partial charge in [-0.3, -0.25) is 4.79 Å². The summed E-state index contributed by atoms with van der Waals surface area (Å²) in [4.78, 5) is 16.6. The molecule has 0 saturated heterocycles. The van der Waals surface area contributed by atoms with Gasteiger partial charge in [-0.25, -0.2) is 4.98 Å². The van der Waals surface area contributed by atoms with Gasteiger partial charge in [0.1, 0.15) is 5.01 Å². The number of hydrogen-bond donors (Lipinski definition) is 1. The van der Waals surface area contributed by atoms with Crippen LogP contribution in [0.15, 0.2) is 0 Å². The Kier molecular flexibility index (Phi) is 6.33. The topological polar surface area (TPSA) is 50.2 Å². The molecular weight excluding hydrogens is 278 g/mol. The van der Waals surface area contributed by atoms with Crippen LogP contribution in [0.4, 0.5) is 0 Å². The van der Waals surface area contributed by atoms with Gasteiger partial charge in [-0.1, -0.05) is 27.7 Å². The van der Waals surface area contributed by atoms with E-state index >= 15 is 0 Å². The molecule has 1 aromatic rings. The average molecular weight is 301 g/mol. The van der Waals surface area contributed by atoms with Crippen LogP contribution >= 0.6 is 23.1 Å². The number of carboxylic acids is 1. The lowest BCUT2D eigenvalue weighted by Crippen LogP contribution is -2.14. The van der Waals surface area contributed by atoms with Crippen LogP contribution in [0.3, 0.4) is 0 Å². The van der Waals surface area contributed by atoms with Gasteiger partial charge in [-0.2, -0.15) is 11.8 Å². The van der Waals surface area contributed by atoms with Crippen LogP contribution in [0.1, 0.15) is 56.1 Å². The molecule has 1 heterocycles. The molecule has 0 aliphatic rings. The largest absolute Gasteiger partial charge is 0.481 e. The predicted molar refractivity (Wildman–Crippen MR) is 83.2 cm³/mol. The molecule has 3 nitrogen and oxygen atoms in total. The van der Waals surface area contributed by atoms with Crippen molar-refractivity contribution in [2.45, 2.75) is 58.1 Å². The smallest absolute Gasteiger partial charge is 0.303 e. The molecule has 0 bridgehead atoms. The monoisotopic (exact) mass is 301 g/mol. The fourth-order valence-corrected chi connectivity index (χ4v) is 3.97. The number of aliphatic carboxylic acids is 1. The van der Waals surface area contributed by atoms with Crippen LogP contribution in [0.2, 0.25) is 0 Å². The zero-order chi connectivity index (χ0) is 14.5. The molecule has 0 aliphatic carbocycles. The molecule has 5 heteroatoms. The number of rotatable bonds is 7. The van der Waals surface area contributed by atoms with E-state index in [2.05, 4.69) is 27.7 Å². The van der Waals surface area contributed by atoms with Crippen molar-refractivity contribution >= 4 is 29.1 Å². The van der Waals surface area contributed by atoms with E-state index in [0.29, 0.717) is 6.42 Å². The van der Waals surface area contributed by atoms with E-state index in [4.69, 9.17) is 10.1 Å². The third-order valence-electron chi connectivity index (χ3n) is 2.59. The van der Waals surface area contributed by atoms with Gasteiger partial charge in [0, 0.05) is 16.0 Å². The van der Waals surface area contributed by atoms with Crippen LogP contribution in [0.25, 0.3) is 0 Å². The van der Waals surface area contributed by atoms with Gasteiger partial charge in [-0.15, -0.1) is 11.3 Å². The Bertz CT molecular complexity index is 422. The summed E-state index contributed by atoms with van der Waals surface area (Å²) in [6.07, 6.45) is 1.96. The number of carboxylic acid groups (broad SMARTS) is 1. The predicted octanol–water partition coefficient (Wildman–Crippen LogP) is 4.10. The van der Waals surface area contributed by atoms with E-state index in [1.807, 2.05) is 11.8 Å². The third kappa shape index (κ3) is 5.53. The fraction of sp³-hybridized carbons (Fsp3) is 0.714. The molecule has 0 amide bonds. The highest BCUT2D eigenvalue weighted by atomic mass is 32.2. The minimum absolute atomic E-state index is 0.0159. The van der Waals surface area contributed by atoms with Crippen LogP contribution < -0.4 is 0 Å². The van der Waals surface area contributed by atoms with Crippen molar-refractivity contribution in [3.8, 4) is 0 Å². The van der Waals surface area contributed by atoms with Gasteiger partial charge in [0.15, 0.2) is 0 Å². The zero-order valence-corrected chi connectivity index (χ0v) is 13.8. The number of thioether (sulfide) groups is 1. The van der Waals surface area contributed by atoms with E-state index in [1.54, 1.807) is 11.3 Å². The van der Waals surface area contributed by atoms with Crippen LogP contribution in [-0.2, 0) is 22.4 Å². The summed E-state index contributed by atoms with van der Waals surface area (Å²) in [6.45, 7) is 8.58. The lowest BCUT2D eigenvalue weighted by atomic mass is 9.90. The highest BCUT2D eigenvalue weighted by Gasteiger charge is 2.23. The summed E-state index contributed by atoms with van der Waals surface area (Å²) >= 11 is 3.58. The van der Waals surface area contributed by atoms with Crippen molar-refractivity contribution in [1.29, 1.82) is 0 Å². The van der Waals surface area contributed by atoms with E-state index in [9.17, 15) is 4.79 Å². The lowest BCUT2D eigenvalue weighted by molar-refractivity contribution is -0.136. The molecular formula is C14H23NO2S2. The Labute approximate surface area is 123 Å². The minimum atomic E-state index is -0.741. The quantitative estimate of drug-likeness (QED) is 0.770. The first-order chi connectivity index (χ1) is 8.84. The van der Waals surface area contributed by atoms with Gasteiger partial charge >= 0.3 is 5.97 Å². The van der Waals surface area contributed by atoms with Gasteiger partial charge < -0.3 is 5.11 Å². The van der Waals surface area contributed by atoms with Crippen molar-refractivity contribution < 1.29 is 9.90 Å². The van der Waals surface area contributed by atoms with Gasteiger partial charge in [0.2, 0.25) is 0 Å². The van der Waals surface area contributed by atoms with Crippen molar-refractivity contribution in [2.75, 3.05) is 5.75 Å². The molecule has 0 atom stereocenters. The number of nitrogens with zero attached hydrogens (tertiary/aromatic N) is 1. The molecule has 19 heavy (non-hydrogen) atoms. The standard InChI is InChI=1S/C14H23NO2S2/c1-5-8-18-9-11-15-13(14(2,3)4)10(19-11)6-7-12(16)17/h5-9H2,1-4H3,(H,16,17). The summed E-state index contributed by atoms with van der Waals surface area (Å²) in [7, 11) is 0. The summed E-state index contributed by atoms with van der Waals surface area (Å²) in [5.41, 5.74) is 1.06. The second-order valence-corrected chi connectivity index (χ2v) is 7.85. The van der Waals surface area contributed by atoms with Crippen molar-refractivity contribution in [2.24, 2.45) is 0 Å². The van der Waals surface area contributed by atoms with E-state index in [-0.39, 0.29) is 11.8 Å². The first-order valence-electron chi connectivity index (χ1n) is 6.63. The van der Waals surface area contributed by atoms with E-state index < -0.39 is 5.97 Å². The van der Waals surface area contributed by atoms with E-state index in [0.717, 1.165) is 27.1 Å². The van der Waals surface area contributed by atoms with Crippen molar-refractivity contribution in [3.05, 3.63) is 15.6 Å². The highest BCUT2D eigenvalue weighted by Crippen LogP contribution is 2.32. The van der Waals surface area contributed by atoms with Crippen LogP contribution in [0, 0.1) is 0 Å². The summed E-state index contributed by atoms with van der Waals surface area (Å²) in [6, 6.07) is 0. The Hall–Kier alpha value is -0.550. The summed E-state index contributed by atoms with van der Waals surface area (Å²) in [5, 5.41) is 9.96. The van der Waals surface area contributed by atoms with Gasteiger partial charge in [-0.05, 0) is 18.6 Å². The first kappa shape index (κ1) is 16.5. The Morgan fingerprint density at radius 3 is 2.63 bits per heavy atom. The van der Waals surface area contributed by atoms with Gasteiger partial charge in [0.25, 0.3) is 0 Å². The Morgan fingerprint density at radius 1 is 1.42 bits per heavy atom. The molecule has 0 fully saturated rings. The fourth-order valence-electron chi connectivity index (χ4n) is 1.74. The molecule has 0 aromatic carbocycles. The molecule has 0 radical (unpaired) electrons. The number of aryl methyl sites for hydroxylation is 1. The van der Waals surface area contributed by atoms with Crippen LogP contribution in [0.5, 0.6) is 0 Å². The van der Waals surface area contributed by atoms with E-state index in [1.165, 1.54) is 6.42 Å². The minimum Gasteiger partial charge on any atom is -0.481 e. The third-order valence-corrected chi connectivity index (χ3v) is 5.06. The van der Waals surface area contributed by atoms with Crippen molar-refractivity contribution in [3.63, 3.8) is 0 Å². The second-order valence-electron chi connectivity index (χ2n) is 5.58. The molecule has 0 saturated carbocycles. The molecule has 108 valence electrons. The molecule has 1 rings (SSSR count). The van der Waals surface area contributed by atoms with Crippen molar-refractivity contribution in [1.82, 2.24) is 4.98 Å². The molecule has 0 spiro atoms. The first-order valence-corrected chi connectivity index (χ1v) is 8.60. The summed E-state index contributed by atoms with van der Waals surface area (Å²) in [5.74, 6) is 1.35. The summed E-state index contributed by atoms with van der Waals surface area (Å²) < 4.78 is 0. The maximum atomic E-state index is 10.7. The number of hydrogen-bond acceptors (Lipinski definition) is 4. The Morgan fingerprint density at radius 2 is 2.11 bits per heavy atom. The van der Waals surface area contributed by atoms with Crippen LogP contribution in [-0.4, -0.2) is 21.8 Å². The number of carbonyl (C=O) groups is 1. The molecule has 1 aromatic heterocycles. The normalized spacial score (nSPS) is 11.8. The highest BCUT2D eigenvalue weighted by molar-refractivity contribution is 7.98. The number of aromatic nitrogens is 1. The zero-order valence-electron chi connectivity index (χ0n) is 12.2. The molecule has 1 N–H and O–H groups in total. The Balaban J connectivity index is 2.83. The average Bonchev–Trinajstić information content (AvgIpc) is 2.70.